The molecule has 0 aliphatic carbocycles. The van der Waals surface area contributed by atoms with Crippen LogP contribution < -0.4 is 10.6 Å². The van der Waals surface area contributed by atoms with Gasteiger partial charge in [-0.05, 0) is 65.9 Å². The van der Waals surface area contributed by atoms with Crippen LogP contribution in [0.25, 0.3) is 0 Å². The quantitative estimate of drug-likeness (QED) is 0.639. The molecule has 2 amide bonds. The van der Waals surface area contributed by atoms with Crippen molar-refractivity contribution >= 4 is 17.4 Å². The summed E-state index contributed by atoms with van der Waals surface area (Å²) in [5, 5.41) is 5.72. The number of amides is 2. The Labute approximate surface area is 154 Å². The lowest BCUT2D eigenvalue weighted by molar-refractivity contribution is 0.262. The van der Waals surface area contributed by atoms with Gasteiger partial charge in [0.2, 0.25) is 0 Å². The van der Waals surface area contributed by atoms with Crippen molar-refractivity contribution in [3.05, 3.63) is 89.7 Å². The standard InChI is InChI=1S/C22H23N3O/c1-2-3-17-4-8-20(9-5-17)24-22(26)25-21-10-6-18(7-11-21)16-19-12-14-23-15-13-19/h4-15H,2-3,16H2,1H3,(H2,24,25,26). The zero-order chi connectivity index (χ0) is 18.2. The highest BCUT2D eigenvalue weighted by atomic mass is 16.2. The summed E-state index contributed by atoms with van der Waals surface area (Å²) < 4.78 is 0. The van der Waals surface area contributed by atoms with Gasteiger partial charge in [0, 0.05) is 23.8 Å². The zero-order valence-electron chi connectivity index (χ0n) is 14.9. The van der Waals surface area contributed by atoms with Crippen molar-refractivity contribution in [1.29, 1.82) is 0 Å². The van der Waals surface area contributed by atoms with Gasteiger partial charge in [0.05, 0.1) is 0 Å². The first-order valence-electron chi connectivity index (χ1n) is 8.88. The highest BCUT2D eigenvalue weighted by molar-refractivity contribution is 5.99. The van der Waals surface area contributed by atoms with E-state index in [0.717, 1.165) is 30.6 Å². The predicted octanol–water partition coefficient (Wildman–Crippen LogP) is 5.27. The SMILES string of the molecule is CCCc1ccc(NC(=O)Nc2ccc(Cc3ccncc3)cc2)cc1. The number of benzene rings is 2. The summed E-state index contributed by atoms with van der Waals surface area (Å²) in [5.74, 6) is 0. The zero-order valence-corrected chi connectivity index (χ0v) is 14.9. The number of hydrogen-bond acceptors (Lipinski definition) is 2. The third kappa shape index (κ3) is 5.18. The van der Waals surface area contributed by atoms with E-state index in [1.165, 1.54) is 16.7 Å². The molecule has 4 heteroatoms. The van der Waals surface area contributed by atoms with E-state index in [1.54, 1.807) is 12.4 Å². The molecule has 2 N–H and O–H groups in total. The fourth-order valence-corrected chi connectivity index (χ4v) is 2.78. The van der Waals surface area contributed by atoms with E-state index in [-0.39, 0.29) is 6.03 Å². The number of hydrogen-bond donors (Lipinski definition) is 2. The molecule has 4 nitrogen and oxygen atoms in total. The van der Waals surface area contributed by atoms with Gasteiger partial charge in [0.15, 0.2) is 0 Å². The van der Waals surface area contributed by atoms with Crippen LogP contribution in [-0.4, -0.2) is 11.0 Å². The second-order valence-corrected chi connectivity index (χ2v) is 6.26. The number of rotatable bonds is 6. The number of carbonyl (C=O) groups is 1. The van der Waals surface area contributed by atoms with Crippen LogP contribution in [0.4, 0.5) is 16.2 Å². The Morgan fingerprint density at radius 2 is 1.27 bits per heavy atom. The van der Waals surface area contributed by atoms with Crippen molar-refractivity contribution in [2.75, 3.05) is 10.6 Å². The van der Waals surface area contributed by atoms with Gasteiger partial charge in [0.1, 0.15) is 0 Å². The Balaban J connectivity index is 1.54. The first kappa shape index (κ1) is 17.7. The normalized spacial score (nSPS) is 10.3. The number of carbonyl (C=O) groups excluding carboxylic acids is 1. The van der Waals surface area contributed by atoms with Crippen LogP contribution in [0.2, 0.25) is 0 Å². The van der Waals surface area contributed by atoms with Crippen molar-refractivity contribution in [1.82, 2.24) is 4.98 Å². The van der Waals surface area contributed by atoms with Crippen molar-refractivity contribution in [3.8, 4) is 0 Å². The van der Waals surface area contributed by atoms with E-state index in [1.807, 2.05) is 60.7 Å². The number of aromatic nitrogens is 1. The summed E-state index contributed by atoms with van der Waals surface area (Å²) in [4.78, 5) is 16.2. The van der Waals surface area contributed by atoms with Gasteiger partial charge in [-0.25, -0.2) is 4.79 Å². The molecular weight excluding hydrogens is 322 g/mol. The van der Waals surface area contributed by atoms with E-state index in [9.17, 15) is 4.79 Å². The molecule has 0 saturated heterocycles. The largest absolute Gasteiger partial charge is 0.323 e. The molecule has 0 saturated carbocycles. The van der Waals surface area contributed by atoms with Gasteiger partial charge in [-0.1, -0.05) is 37.6 Å². The molecule has 1 aromatic heterocycles. The smallest absolute Gasteiger partial charge is 0.308 e. The molecule has 0 unspecified atom stereocenters. The summed E-state index contributed by atoms with van der Waals surface area (Å²) in [6.07, 6.45) is 6.61. The molecule has 0 aliphatic rings. The monoisotopic (exact) mass is 345 g/mol. The summed E-state index contributed by atoms with van der Waals surface area (Å²) in [7, 11) is 0. The average Bonchev–Trinajstić information content (AvgIpc) is 2.66. The fourth-order valence-electron chi connectivity index (χ4n) is 2.78. The third-order valence-electron chi connectivity index (χ3n) is 4.12. The molecule has 3 rings (SSSR count). The number of urea groups is 1. The number of pyridine rings is 1. The molecule has 0 fully saturated rings. The van der Waals surface area contributed by atoms with Gasteiger partial charge in [0.25, 0.3) is 0 Å². The lowest BCUT2D eigenvalue weighted by Crippen LogP contribution is -2.19. The van der Waals surface area contributed by atoms with Crippen molar-refractivity contribution < 1.29 is 4.79 Å². The maximum absolute atomic E-state index is 12.1. The molecule has 1 heterocycles. The van der Waals surface area contributed by atoms with Crippen LogP contribution in [0, 0.1) is 0 Å². The van der Waals surface area contributed by atoms with E-state index in [4.69, 9.17) is 0 Å². The van der Waals surface area contributed by atoms with Crippen LogP contribution in [-0.2, 0) is 12.8 Å². The summed E-state index contributed by atoms with van der Waals surface area (Å²) in [6.45, 7) is 2.15. The number of nitrogens with zero attached hydrogens (tertiary/aromatic N) is 1. The second kappa shape index (κ2) is 8.81. The Kier molecular flexibility index (Phi) is 5.99. The van der Waals surface area contributed by atoms with Gasteiger partial charge in [-0.15, -0.1) is 0 Å². The van der Waals surface area contributed by atoms with E-state index in [0.29, 0.717) is 0 Å². The minimum atomic E-state index is -0.241. The maximum atomic E-state index is 12.1. The van der Waals surface area contributed by atoms with Crippen molar-refractivity contribution in [2.24, 2.45) is 0 Å². The van der Waals surface area contributed by atoms with Crippen LogP contribution in [0.5, 0.6) is 0 Å². The van der Waals surface area contributed by atoms with Crippen molar-refractivity contribution in [3.63, 3.8) is 0 Å². The first-order chi connectivity index (χ1) is 12.7. The number of anilines is 2. The molecular formula is C22H23N3O. The minimum absolute atomic E-state index is 0.241. The van der Waals surface area contributed by atoms with Crippen LogP contribution in [0.1, 0.15) is 30.0 Å². The van der Waals surface area contributed by atoms with Gasteiger partial charge < -0.3 is 10.6 Å². The van der Waals surface area contributed by atoms with Crippen LogP contribution >= 0.6 is 0 Å². The molecule has 0 aliphatic heterocycles. The third-order valence-corrected chi connectivity index (χ3v) is 4.12. The van der Waals surface area contributed by atoms with Gasteiger partial charge >= 0.3 is 6.03 Å². The predicted molar refractivity (Wildman–Crippen MR) is 107 cm³/mol. The molecule has 0 atom stereocenters. The highest BCUT2D eigenvalue weighted by Crippen LogP contribution is 2.15. The summed E-state index contributed by atoms with van der Waals surface area (Å²) in [5.41, 5.74) is 5.24. The first-order valence-corrected chi connectivity index (χ1v) is 8.88. The van der Waals surface area contributed by atoms with Crippen molar-refractivity contribution in [2.45, 2.75) is 26.2 Å². The molecule has 26 heavy (non-hydrogen) atoms. The minimum Gasteiger partial charge on any atom is -0.308 e. The van der Waals surface area contributed by atoms with E-state index < -0.39 is 0 Å². The van der Waals surface area contributed by atoms with E-state index >= 15 is 0 Å². The van der Waals surface area contributed by atoms with Crippen LogP contribution in [0.15, 0.2) is 73.1 Å². The maximum Gasteiger partial charge on any atom is 0.323 e. The topological polar surface area (TPSA) is 54.0 Å². The molecule has 0 bridgehead atoms. The Hall–Kier alpha value is -3.14. The average molecular weight is 345 g/mol. The number of aryl methyl sites for hydroxylation is 1. The second-order valence-electron chi connectivity index (χ2n) is 6.26. The highest BCUT2D eigenvalue weighted by Gasteiger charge is 2.03. The molecule has 3 aromatic rings. The molecule has 2 aromatic carbocycles. The molecule has 0 radical (unpaired) electrons. The Morgan fingerprint density at radius 3 is 1.81 bits per heavy atom. The lowest BCUT2D eigenvalue weighted by Gasteiger charge is -2.09. The van der Waals surface area contributed by atoms with Gasteiger partial charge in [-0.2, -0.15) is 0 Å². The van der Waals surface area contributed by atoms with E-state index in [2.05, 4.69) is 22.5 Å². The Bertz CT molecular complexity index is 828. The fraction of sp³-hybridized carbons (Fsp3) is 0.182. The molecule has 132 valence electrons. The summed E-state index contributed by atoms with van der Waals surface area (Å²) in [6, 6.07) is 19.6. The van der Waals surface area contributed by atoms with Gasteiger partial charge in [-0.3, -0.25) is 4.98 Å². The summed E-state index contributed by atoms with van der Waals surface area (Å²) >= 11 is 0. The molecule has 0 spiro atoms. The van der Waals surface area contributed by atoms with Crippen LogP contribution in [0.3, 0.4) is 0 Å². The lowest BCUT2D eigenvalue weighted by atomic mass is 10.1. The Morgan fingerprint density at radius 1 is 0.769 bits per heavy atom. The number of nitrogens with one attached hydrogen (secondary N) is 2.